The summed E-state index contributed by atoms with van der Waals surface area (Å²) in [5.41, 5.74) is 1.33. The number of aromatic nitrogens is 1. The molecule has 18 heavy (non-hydrogen) atoms. The maximum Gasteiger partial charge on any atom is 0.185 e. The molecule has 2 aliphatic rings. The van der Waals surface area contributed by atoms with E-state index in [0.29, 0.717) is 6.04 Å². The molecule has 3 nitrogen and oxygen atoms in total. The standard InChI is InChI=1S/C14H23N3S/c1-3-17(9-10-7-8-10)14-16-13-11(15-2)5-4-6-12(13)18-14/h10-11,15H,3-9H2,1-2H3. The van der Waals surface area contributed by atoms with Crippen molar-refractivity contribution in [2.24, 2.45) is 5.92 Å². The molecule has 0 amide bonds. The number of hydrogen-bond acceptors (Lipinski definition) is 4. The molecule has 1 fully saturated rings. The number of thiazole rings is 1. The van der Waals surface area contributed by atoms with E-state index in [-0.39, 0.29) is 0 Å². The summed E-state index contributed by atoms with van der Waals surface area (Å²) in [4.78, 5) is 8.93. The molecule has 0 spiro atoms. The molecule has 1 aromatic rings. The summed E-state index contributed by atoms with van der Waals surface area (Å²) in [7, 11) is 2.06. The Balaban J connectivity index is 1.81. The molecule has 1 saturated carbocycles. The second-order valence-corrected chi connectivity index (χ2v) is 6.58. The highest BCUT2D eigenvalue weighted by Crippen LogP contribution is 2.38. The van der Waals surface area contributed by atoms with Crippen molar-refractivity contribution in [3.63, 3.8) is 0 Å². The average molecular weight is 265 g/mol. The first kappa shape index (κ1) is 12.4. The van der Waals surface area contributed by atoms with Crippen LogP contribution in [0, 0.1) is 5.92 Å². The van der Waals surface area contributed by atoms with Gasteiger partial charge < -0.3 is 10.2 Å². The second kappa shape index (κ2) is 5.17. The van der Waals surface area contributed by atoms with Gasteiger partial charge in [-0.15, -0.1) is 11.3 Å². The molecular weight excluding hydrogens is 242 g/mol. The van der Waals surface area contributed by atoms with Gasteiger partial charge in [0, 0.05) is 18.0 Å². The average Bonchev–Trinajstić information content (AvgIpc) is 3.11. The van der Waals surface area contributed by atoms with E-state index < -0.39 is 0 Å². The Bertz CT molecular complexity index is 411. The zero-order valence-electron chi connectivity index (χ0n) is 11.4. The molecular formula is C14H23N3S. The minimum atomic E-state index is 0.485. The lowest BCUT2D eigenvalue weighted by Gasteiger charge is -2.20. The molecule has 0 bridgehead atoms. The highest BCUT2D eigenvalue weighted by Gasteiger charge is 2.28. The zero-order chi connectivity index (χ0) is 12.5. The maximum absolute atomic E-state index is 4.94. The van der Waals surface area contributed by atoms with E-state index in [1.165, 1.54) is 54.4 Å². The van der Waals surface area contributed by atoms with Crippen LogP contribution < -0.4 is 10.2 Å². The molecule has 0 aliphatic heterocycles. The van der Waals surface area contributed by atoms with Crippen LogP contribution in [-0.4, -0.2) is 25.1 Å². The third-order valence-electron chi connectivity index (χ3n) is 4.12. The van der Waals surface area contributed by atoms with Crippen LogP contribution in [0.1, 0.15) is 49.2 Å². The highest BCUT2D eigenvalue weighted by atomic mass is 32.1. The van der Waals surface area contributed by atoms with Crippen molar-refractivity contribution in [3.05, 3.63) is 10.6 Å². The van der Waals surface area contributed by atoms with Gasteiger partial charge in [-0.05, 0) is 52.0 Å². The lowest BCUT2D eigenvalue weighted by molar-refractivity contribution is 0.489. The van der Waals surface area contributed by atoms with E-state index in [2.05, 4.69) is 24.2 Å². The molecule has 0 aromatic carbocycles. The minimum absolute atomic E-state index is 0.485. The van der Waals surface area contributed by atoms with E-state index >= 15 is 0 Å². The van der Waals surface area contributed by atoms with Gasteiger partial charge in [0.2, 0.25) is 0 Å². The van der Waals surface area contributed by atoms with E-state index in [1.54, 1.807) is 0 Å². The van der Waals surface area contributed by atoms with Crippen molar-refractivity contribution in [2.45, 2.75) is 45.1 Å². The first-order valence-corrected chi connectivity index (χ1v) is 8.05. The van der Waals surface area contributed by atoms with Gasteiger partial charge in [0.1, 0.15) is 0 Å². The van der Waals surface area contributed by atoms with E-state index in [4.69, 9.17) is 4.98 Å². The molecule has 1 aromatic heterocycles. The predicted molar refractivity (Wildman–Crippen MR) is 77.5 cm³/mol. The lowest BCUT2D eigenvalue weighted by atomic mass is 9.98. The molecule has 1 N–H and O–H groups in total. The van der Waals surface area contributed by atoms with Gasteiger partial charge in [0.15, 0.2) is 5.13 Å². The molecule has 1 atom stereocenters. The molecule has 100 valence electrons. The molecule has 1 unspecified atom stereocenters. The first-order chi connectivity index (χ1) is 8.81. The monoisotopic (exact) mass is 265 g/mol. The number of nitrogens with one attached hydrogen (secondary N) is 1. The lowest BCUT2D eigenvalue weighted by Crippen LogP contribution is -2.25. The van der Waals surface area contributed by atoms with Crippen LogP contribution in [0.25, 0.3) is 0 Å². The Labute approximate surface area is 114 Å². The first-order valence-electron chi connectivity index (χ1n) is 7.23. The fraction of sp³-hybridized carbons (Fsp3) is 0.786. The van der Waals surface area contributed by atoms with Crippen LogP contribution in [0.4, 0.5) is 5.13 Å². The van der Waals surface area contributed by atoms with Gasteiger partial charge in [0.25, 0.3) is 0 Å². The van der Waals surface area contributed by atoms with Crippen LogP contribution in [0.5, 0.6) is 0 Å². The highest BCUT2D eigenvalue weighted by molar-refractivity contribution is 7.15. The van der Waals surface area contributed by atoms with Crippen molar-refractivity contribution in [3.8, 4) is 0 Å². The molecule has 0 saturated heterocycles. The van der Waals surface area contributed by atoms with Gasteiger partial charge in [-0.25, -0.2) is 4.98 Å². The van der Waals surface area contributed by atoms with Gasteiger partial charge >= 0.3 is 0 Å². The number of aryl methyl sites for hydroxylation is 1. The summed E-state index contributed by atoms with van der Waals surface area (Å²) in [6.45, 7) is 4.55. The topological polar surface area (TPSA) is 28.2 Å². The SMILES string of the molecule is CCN(CC1CC1)c1nc2c(s1)CCCC2NC. The van der Waals surface area contributed by atoms with Crippen molar-refractivity contribution >= 4 is 16.5 Å². The van der Waals surface area contributed by atoms with Crippen LogP contribution in [0.15, 0.2) is 0 Å². The van der Waals surface area contributed by atoms with Crippen molar-refractivity contribution in [1.82, 2.24) is 10.3 Å². The van der Waals surface area contributed by atoms with Gasteiger partial charge in [0.05, 0.1) is 11.7 Å². The summed E-state index contributed by atoms with van der Waals surface area (Å²) >= 11 is 1.93. The number of fused-ring (bicyclic) bond motifs is 1. The van der Waals surface area contributed by atoms with Crippen molar-refractivity contribution < 1.29 is 0 Å². The number of hydrogen-bond donors (Lipinski definition) is 1. The van der Waals surface area contributed by atoms with Gasteiger partial charge in [-0.1, -0.05) is 0 Å². The number of anilines is 1. The Kier molecular flexibility index (Phi) is 3.57. The van der Waals surface area contributed by atoms with E-state index in [1.807, 2.05) is 11.3 Å². The maximum atomic E-state index is 4.94. The Morgan fingerprint density at radius 2 is 2.22 bits per heavy atom. The van der Waals surface area contributed by atoms with E-state index in [9.17, 15) is 0 Å². The van der Waals surface area contributed by atoms with Gasteiger partial charge in [-0.3, -0.25) is 0 Å². The largest absolute Gasteiger partial charge is 0.348 e. The Hall–Kier alpha value is -0.610. The van der Waals surface area contributed by atoms with Crippen LogP contribution in [0.2, 0.25) is 0 Å². The predicted octanol–water partition coefficient (Wildman–Crippen LogP) is 2.98. The third-order valence-corrected chi connectivity index (χ3v) is 5.31. The Morgan fingerprint density at radius 3 is 2.89 bits per heavy atom. The molecule has 2 aliphatic carbocycles. The Morgan fingerprint density at radius 1 is 1.39 bits per heavy atom. The second-order valence-electron chi connectivity index (χ2n) is 5.52. The van der Waals surface area contributed by atoms with Crippen molar-refractivity contribution in [1.29, 1.82) is 0 Å². The molecule has 3 rings (SSSR count). The van der Waals surface area contributed by atoms with Crippen LogP contribution in [-0.2, 0) is 6.42 Å². The van der Waals surface area contributed by atoms with E-state index in [0.717, 1.165) is 12.5 Å². The fourth-order valence-corrected chi connectivity index (χ4v) is 4.01. The smallest absolute Gasteiger partial charge is 0.185 e. The van der Waals surface area contributed by atoms with Gasteiger partial charge in [-0.2, -0.15) is 0 Å². The fourth-order valence-electron chi connectivity index (χ4n) is 2.78. The summed E-state index contributed by atoms with van der Waals surface area (Å²) in [6.07, 6.45) is 6.60. The molecule has 0 radical (unpaired) electrons. The summed E-state index contributed by atoms with van der Waals surface area (Å²) in [5, 5.41) is 4.67. The minimum Gasteiger partial charge on any atom is -0.348 e. The zero-order valence-corrected chi connectivity index (χ0v) is 12.2. The molecule has 1 heterocycles. The quantitative estimate of drug-likeness (QED) is 0.887. The van der Waals surface area contributed by atoms with Crippen LogP contribution in [0.3, 0.4) is 0 Å². The van der Waals surface area contributed by atoms with Crippen LogP contribution >= 0.6 is 11.3 Å². The third kappa shape index (κ3) is 2.41. The molecule has 4 heteroatoms. The normalized spacial score (nSPS) is 22.9. The number of nitrogens with zero attached hydrogens (tertiary/aromatic N) is 2. The van der Waals surface area contributed by atoms with Crippen molar-refractivity contribution in [2.75, 3.05) is 25.0 Å². The summed E-state index contributed by atoms with van der Waals surface area (Å²) in [5.74, 6) is 0.936. The number of rotatable bonds is 5. The summed E-state index contributed by atoms with van der Waals surface area (Å²) < 4.78 is 0. The summed E-state index contributed by atoms with van der Waals surface area (Å²) in [6, 6.07) is 0.485.